The van der Waals surface area contributed by atoms with E-state index < -0.39 is 22.9 Å². The van der Waals surface area contributed by atoms with Crippen molar-refractivity contribution < 1.29 is 28.8 Å². The van der Waals surface area contributed by atoms with Crippen LogP contribution in [0.1, 0.15) is 71.6 Å². The first-order valence-electron chi connectivity index (χ1n) is 13.1. The van der Waals surface area contributed by atoms with Crippen LogP contribution in [0.2, 0.25) is 0 Å². The number of aliphatic hydroxyl groups is 1. The van der Waals surface area contributed by atoms with Crippen LogP contribution in [0.3, 0.4) is 0 Å². The zero-order chi connectivity index (χ0) is 24.2. The number of allylic oxidation sites excluding steroid dienone is 1. The number of ether oxygens (including phenoxy) is 4. The predicted molar refractivity (Wildman–Crippen MR) is 126 cm³/mol. The fraction of sp³-hybridized carbons (Fsp3) is 0.821. The highest BCUT2D eigenvalue weighted by Gasteiger charge is 2.69. The van der Waals surface area contributed by atoms with Gasteiger partial charge < -0.3 is 24.1 Å². The van der Waals surface area contributed by atoms with Gasteiger partial charge in [-0.15, -0.1) is 12.3 Å². The second kappa shape index (κ2) is 8.62. The van der Waals surface area contributed by atoms with E-state index in [9.17, 15) is 9.90 Å². The Hall–Kier alpha value is -1.39. The summed E-state index contributed by atoms with van der Waals surface area (Å²) in [5.41, 5.74) is 0.0136. The van der Waals surface area contributed by atoms with Crippen molar-refractivity contribution in [3.63, 3.8) is 0 Å². The molecule has 0 amide bonds. The van der Waals surface area contributed by atoms with Gasteiger partial charge in [0, 0.05) is 42.6 Å². The van der Waals surface area contributed by atoms with Gasteiger partial charge in [-0.05, 0) is 57.3 Å². The standard InChI is InChI=1S/C28H40O6/c1-5-11-26-14-15-27(33-16-17-34-27)18-19(26)7-8-21-20(26)9-12-25(3)22(10-13-28(21,25)30)23(32-6-2)24(29)31-4/h1,7,20-23,30H,6,8-18H2,2-4H3/t20-,21+,22+,23?,25+,26-,28?/m0/s1. The molecular weight excluding hydrogens is 432 g/mol. The van der Waals surface area contributed by atoms with Crippen molar-refractivity contribution in [1.29, 1.82) is 0 Å². The Morgan fingerprint density at radius 3 is 2.68 bits per heavy atom. The van der Waals surface area contributed by atoms with E-state index in [2.05, 4.69) is 18.9 Å². The summed E-state index contributed by atoms with van der Waals surface area (Å²) in [6.07, 6.45) is 15.1. The maximum absolute atomic E-state index is 12.7. The smallest absolute Gasteiger partial charge is 0.335 e. The van der Waals surface area contributed by atoms with Crippen molar-refractivity contribution in [2.24, 2.45) is 28.6 Å². The van der Waals surface area contributed by atoms with E-state index >= 15 is 0 Å². The number of rotatable bonds is 5. The number of terminal acetylenes is 1. The molecule has 4 fully saturated rings. The number of hydrogen-bond donors (Lipinski definition) is 1. The van der Waals surface area contributed by atoms with Gasteiger partial charge in [0.05, 0.1) is 25.9 Å². The Morgan fingerprint density at radius 2 is 2.00 bits per heavy atom. The van der Waals surface area contributed by atoms with Gasteiger partial charge in [-0.3, -0.25) is 0 Å². The maximum atomic E-state index is 12.7. The lowest BCUT2D eigenvalue weighted by Crippen LogP contribution is -2.62. The van der Waals surface area contributed by atoms with Crippen LogP contribution in [0.5, 0.6) is 0 Å². The number of hydrogen-bond acceptors (Lipinski definition) is 6. The van der Waals surface area contributed by atoms with E-state index in [0.717, 1.165) is 44.9 Å². The molecule has 5 rings (SSSR count). The van der Waals surface area contributed by atoms with E-state index in [0.29, 0.717) is 38.6 Å². The van der Waals surface area contributed by atoms with Crippen molar-refractivity contribution in [3.05, 3.63) is 11.6 Å². The Labute approximate surface area is 203 Å². The molecule has 0 bridgehead atoms. The number of carbonyl (C=O) groups excluding carboxylic acids is 1. The lowest BCUT2D eigenvalue weighted by molar-refractivity contribution is -0.212. The van der Waals surface area contributed by atoms with Crippen LogP contribution in [0.4, 0.5) is 0 Å². The molecule has 1 aliphatic heterocycles. The molecule has 3 saturated carbocycles. The van der Waals surface area contributed by atoms with Gasteiger partial charge >= 0.3 is 5.97 Å². The highest BCUT2D eigenvalue weighted by Crippen LogP contribution is 2.69. The second-order valence-corrected chi connectivity index (χ2v) is 11.4. The Balaban J connectivity index is 1.49. The molecule has 1 saturated heterocycles. The Kier molecular flexibility index (Phi) is 6.16. The minimum atomic E-state index is -0.858. The molecule has 6 nitrogen and oxygen atoms in total. The third-order valence-corrected chi connectivity index (χ3v) is 10.5. The van der Waals surface area contributed by atoms with E-state index in [-0.39, 0.29) is 23.2 Å². The predicted octanol–water partition coefficient (Wildman–Crippen LogP) is 4.00. The van der Waals surface area contributed by atoms with E-state index in [1.807, 2.05) is 6.92 Å². The molecule has 2 unspecified atom stereocenters. The summed E-state index contributed by atoms with van der Waals surface area (Å²) < 4.78 is 23.2. The maximum Gasteiger partial charge on any atom is 0.335 e. The zero-order valence-corrected chi connectivity index (χ0v) is 20.9. The van der Waals surface area contributed by atoms with Crippen molar-refractivity contribution in [1.82, 2.24) is 0 Å². The first-order valence-corrected chi connectivity index (χ1v) is 13.1. The fourth-order valence-electron chi connectivity index (χ4n) is 8.81. The third-order valence-electron chi connectivity index (χ3n) is 10.5. The monoisotopic (exact) mass is 472 g/mol. The summed E-state index contributed by atoms with van der Waals surface area (Å²) in [6.45, 7) is 5.84. The molecular formula is C28H40O6. The molecule has 0 aromatic carbocycles. The SMILES string of the molecule is C#CC[C@]12CCC3(CC1=CC[C@@H]1[C@@H]2CC[C@]2(C)[C@@H](C(OCC)C(=O)OC)CCC12O)OCCO3. The summed E-state index contributed by atoms with van der Waals surface area (Å²) >= 11 is 0. The molecule has 7 atom stereocenters. The van der Waals surface area contributed by atoms with Gasteiger partial charge in [0.2, 0.25) is 0 Å². The van der Waals surface area contributed by atoms with Crippen LogP contribution in [0.25, 0.3) is 0 Å². The van der Waals surface area contributed by atoms with Gasteiger partial charge in [-0.25, -0.2) is 4.79 Å². The molecule has 34 heavy (non-hydrogen) atoms. The minimum absolute atomic E-state index is 0.0604. The van der Waals surface area contributed by atoms with Crippen LogP contribution in [-0.2, 0) is 23.7 Å². The summed E-state index contributed by atoms with van der Waals surface area (Å²) in [7, 11) is 1.42. The molecule has 1 heterocycles. The largest absolute Gasteiger partial charge is 0.467 e. The average molecular weight is 473 g/mol. The van der Waals surface area contributed by atoms with Gasteiger partial charge in [0.15, 0.2) is 11.9 Å². The number of fused-ring (bicyclic) bond motifs is 5. The van der Waals surface area contributed by atoms with Crippen LogP contribution in [0, 0.1) is 40.9 Å². The number of methoxy groups -OCH3 is 1. The van der Waals surface area contributed by atoms with Gasteiger partial charge in [-0.1, -0.05) is 18.6 Å². The summed E-state index contributed by atoms with van der Waals surface area (Å²) in [5.74, 6) is 2.57. The molecule has 4 aliphatic carbocycles. The summed E-state index contributed by atoms with van der Waals surface area (Å²) in [6, 6.07) is 0. The lowest BCUT2D eigenvalue weighted by atomic mass is 9.44. The van der Waals surface area contributed by atoms with Crippen molar-refractivity contribution in [2.45, 2.75) is 89.1 Å². The minimum Gasteiger partial charge on any atom is -0.467 e. The number of esters is 1. The summed E-state index contributed by atoms with van der Waals surface area (Å²) in [5, 5.41) is 12.4. The molecule has 0 aromatic rings. The second-order valence-electron chi connectivity index (χ2n) is 11.4. The topological polar surface area (TPSA) is 74.2 Å². The lowest BCUT2D eigenvalue weighted by Gasteiger charge is -2.62. The van der Waals surface area contributed by atoms with Gasteiger partial charge in [0.1, 0.15) is 0 Å². The normalized spacial score (nSPS) is 43.3. The van der Waals surface area contributed by atoms with Crippen molar-refractivity contribution >= 4 is 5.97 Å². The van der Waals surface area contributed by atoms with E-state index in [1.165, 1.54) is 12.7 Å². The van der Waals surface area contributed by atoms with Crippen molar-refractivity contribution in [2.75, 3.05) is 26.9 Å². The molecule has 188 valence electrons. The number of carbonyl (C=O) groups is 1. The molecule has 6 heteroatoms. The molecule has 5 aliphatic rings. The average Bonchev–Trinajstić information content (AvgIpc) is 3.39. The Bertz CT molecular complexity index is 884. The zero-order valence-electron chi connectivity index (χ0n) is 20.9. The third kappa shape index (κ3) is 3.27. The quantitative estimate of drug-likeness (QED) is 0.370. The first kappa shape index (κ1) is 24.3. The molecule has 1 spiro atoms. The molecule has 1 N–H and O–H groups in total. The van der Waals surface area contributed by atoms with Crippen molar-refractivity contribution in [3.8, 4) is 12.3 Å². The van der Waals surface area contributed by atoms with E-state index in [4.69, 9.17) is 25.4 Å². The van der Waals surface area contributed by atoms with Gasteiger partial charge in [-0.2, -0.15) is 0 Å². The van der Waals surface area contributed by atoms with Crippen LogP contribution >= 0.6 is 0 Å². The van der Waals surface area contributed by atoms with Crippen LogP contribution in [-0.4, -0.2) is 55.5 Å². The highest BCUT2D eigenvalue weighted by atomic mass is 16.7. The summed E-state index contributed by atoms with van der Waals surface area (Å²) in [4.78, 5) is 12.7. The van der Waals surface area contributed by atoms with Gasteiger partial charge in [0.25, 0.3) is 0 Å². The fourth-order valence-corrected chi connectivity index (χ4v) is 8.81. The van der Waals surface area contributed by atoms with Crippen LogP contribution < -0.4 is 0 Å². The van der Waals surface area contributed by atoms with Crippen LogP contribution in [0.15, 0.2) is 11.6 Å². The highest BCUT2D eigenvalue weighted by molar-refractivity contribution is 5.75. The molecule has 0 aromatic heterocycles. The Morgan fingerprint density at radius 1 is 1.24 bits per heavy atom. The first-order chi connectivity index (χ1) is 16.3. The van der Waals surface area contributed by atoms with E-state index in [1.54, 1.807) is 0 Å². The molecule has 0 radical (unpaired) electrons.